The maximum absolute atomic E-state index is 5.89. The number of hydrogen-bond donors (Lipinski definition) is 0. The van der Waals surface area contributed by atoms with Gasteiger partial charge in [0.15, 0.2) is 0 Å². The normalized spacial score (nSPS) is 18.6. The number of nitrogens with zero attached hydrogens (tertiary/aromatic N) is 4. The molecule has 134 valence electrons. The third kappa shape index (κ3) is 4.48. The van der Waals surface area contributed by atoms with Crippen LogP contribution >= 0.6 is 0 Å². The van der Waals surface area contributed by atoms with Gasteiger partial charge in [-0.05, 0) is 43.7 Å². The van der Waals surface area contributed by atoms with Crippen LogP contribution in [0.4, 0.5) is 5.95 Å². The fourth-order valence-corrected chi connectivity index (χ4v) is 2.95. The molecule has 5 heteroatoms. The first-order valence-electron chi connectivity index (χ1n) is 9.03. The first-order valence-corrected chi connectivity index (χ1v) is 9.03. The third-order valence-corrected chi connectivity index (χ3v) is 4.88. The van der Waals surface area contributed by atoms with Gasteiger partial charge in [0.25, 0.3) is 0 Å². The largest absolute Gasteiger partial charge is 0.487 e. The predicted molar refractivity (Wildman–Crippen MR) is 101 cm³/mol. The molecule has 1 fully saturated rings. The number of hydrogen-bond acceptors (Lipinski definition) is 5. The van der Waals surface area contributed by atoms with Gasteiger partial charge in [-0.15, -0.1) is 0 Å². The molecule has 2 heterocycles. The summed E-state index contributed by atoms with van der Waals surface area (Å²) in [5.74, 6) is 2.21. The van der Waals surface area contributed by atoms with Gasteiger partial charge in [0.05, 0.1) is 5.69 Å². The molecule has 0 amide bonds. The second kappa shape index (κ2) is 7.83. The van der Waals surface area contributed by atoms with Gasteiger partial charge < -0.3 is 14.5 Å². The van der Waals surface area contributed by atoms with Crippen LogP contribution in [0.5, 0.6) is 5.75 Å². The minimum Gasteiger partial charge on any atom is -0.487 e. The summed E-state index contributed by atoms with van der Waals surface area (Å²) in [4.78, 5) is 13.8. The monoisotopic (exact) mass is 340 g/mol. The Morgan fingerprint density at radius 1 is 1.16 bits per heavy atom. The van der Waals surface area contributed by atoms with Gasteiger partial charge in [0, 0.05) is 31.9 Å². The second-order valence-electron chi connectivity index (χ2n) is 7.14. The number of likely N-dealkylation sites (N-methyl/N-ethyl adjacent to an activating group) is 1. The Morgan fingerprint density at radius 3 is 2.60 bits per heavy atom. The molecule has 0 spiro atoms. The van der Waals surface area contributed by atoms with Crippen molar-refractivity contribution in [1.82, 2.24) is 14.9 Å². The van der Waals surface area contributed by atoms with E-state index >= 15 is 0 Å². The Balaban J connectivity index is 1.62. The van der Waals surface area contributed by atoms with E-state index in [1.807, 2.05) is 24.4 Å². The summed E-state index contributed by atoms with van der Waals surface area (Å²) in [6.45, 7) is 10.0. The predicted octanol–water partition coefficient (Wildman–Crippen LogP) is 3.32. The third-order valence-electron chi connectivity index (χ3n) is 4.88. The van der Waals surface area contributed by atoms with E-state index in [0.717, 1.165) is 37.0 Å². The first kappa shape index (κ1) is 17.7. The molecule has 0 saturated carbocycles. The van der Waals surface area contributed by atoms with Crippen molar-refractivity contribution in [3.8, 4) is 5.75 Å². The lowest BCUT2D eigenvalue weighted by molar-refractivity contribution is 0.232. The van der Waals surface area contributed by atoms with Crippen LogP contribution in [0.25, 0.3) is 0 Å². The lowest BCUT2D eigenvalue weighted by Crippen LogP contribution is -2.50. The van der Waals surface area contributed by atoms with Crippen LogP contribution in [0.15, 0.2) is 36.5 Å². The van der Waals surface area contributed by atoms with Gasteiger partial charge in [-0.3, -0.25) is 0 Å². The zero-order valence-corrected chi connectivity index (χ0v) is 15.6. The molecule has 25 heavy (non-hydrogen) atoms. The maximum atomic E-state index is 5.89. The van der Waals surface area contributed by atoms with Crippen LogP contribution in [-0.4, -0.2) is 47.6 Å². The molecule has 1 saturated heterocycles. The highest BCUT2D eigenvalue weighted by molar-refractivity contribution is 5.32. The quantitative estimate of drug-likeness (QED) is 0.835. The molecule has 0 aliphatic carbocycles. The van der Waals surface area contributed by atoms with Crippen molar-refractivity contribution in [2.45, 2.75) is 39.3 Å². The number of ether oxygens (including phenoxy) is 1. The van der Waals surface area contributed by atoms with E-state index in [9.17, 15) is 0 Å². The molecule has 0 N–H and O–H groups in total. The Kier molecular flexibility index (Phi) is 5.53. The van der Waals surface area contributed by atoms with E-state index in [-0.39, 0.29) is 0 Å². The molecular formula is C20H28N4O. The molecule has 1 atom stereocenters. The highest BCUT2D eigenvalue weighted by Crippen LogP contribution is 2.20. The van der Waals surface area contributed by atoms with E-state index in [2.05, 4.69) is 59.7 Å². The van der Waals surface area contributed by atoms with Crippen molar-refractivity contribution >= 4 is 5.95 Å². The molecule has 5 nitrogen and oxygen atoms in total. The molecule has 0 bridgehead atoms. The van der Waals surface area contributed by atoms with E-state index in [0.29, 0.717) is 18.6 Å². The lowest BCUT2D eigenvalue weighted by atomic mass is 10.0. The first-order chi connectivity index (χ1) is 12.0. The number of aromatic nitrogens is 2. The average molecular weight is 340 g/mol. The van der Waals surface area contributed by atoms with Crippen molar-refractivity contribution in [3.05, 3.63) is 47.8 Å². The molecule has 3 rings (SSSR count). The van der Waals surface area contributed by atoms with Gasteiger partial charge in [0.2, 0.25) is 5.95 Å². The topological polar surface area (TPSA) is 41.5 Å². The van der Waals surface area contributed by atoms with Gasteiger partial charge in [-0.1, -0.05) is 26.0 Å². The zero-order valence-electron chi connectivity index (χ0n) is 15.6. The zero-order chi connectivity index (χ0) is 17.8. The van der Waals surface area contributed by atoms with Crippen molar-refractivity contribution < 1.29 is 4.74 Å². The smallest absolute Gasteiger partial charge is 0.225 e. The Bertz CT molecular complexity index is 686. The van der Waals surface area contributed by atoms with E-state index in [4.69, 9.17) is 4.74 Å². The molecule has 1 aliphatic heterocycles. The summed E-state index contributed by atoms with van der Waals surface area (Å²) in [7, 11) is 2.16. The van der Waals surface area contributed by atoms with Crippen molar-refractivity contribution in [2.75, 3.05) is 31.6 Å². The highest BCUT2D eigenvalue weighted by Gasteiger charge is 2.22. The molecule has 1 aromatic carbocycles. The number of rotatable bonds is 5. The number of anilines is 1. The SMILES string of the molecule is CC(C)c1ccc(OCc2ccnc(N3CCN(C)C(C)C3)n2)cc1. The van der Waals surface area contributed by atoms with E-state index in [1.165, 1.54) is 5.56 Å². The minimum absolute atomic E-state index is 0.458. The summed E-state index contributed by atoms with van der Waals surface area (Å²) >= 11 is 0. The van der Waals surface area contributed by atoms with Crippen LogP contribution < -0.4 is 9.64 Å². The van der Waals surface area contributed by atoms with Crippen LogP contribution in [0, 0.1) is 0 Å². The van der Waals surface area contributed by atoms with Gasteiger partial charge in [-0.25, -0.2) is 9.97 Å². The molecule has 1 aliphatic rings. The van der Waals surface area contributed by atoms with Crippen LogP contribution in [0.2, 0.25) is 0 Å². The Morgan fingerprint density at radius 2 is 1.92 bits per heavy atom. The van der Waals surface area contributed by atoms with Gasteiger partial charge >= 0.3 is 0 Å². The lowest BCUT2D eigenvalue weighted by Gasteiger charge is -2.37. The highest BCUT2D eigenvalue weighted by atomic mass is 16.5. The maximum Gasteiger partial charge on any atom is 0.225 e. The fourth-order valence-electron chi connectivity index (χ4n) is 2.95. The van der Waals surface area contributed by atoms with Crippen molar-refractivity contribution in [2.24, 2.45) is 0 Å². The van der Waals surface area contributed by atoms with Gasteiger partial charge in [0.1, 0.15) is 12.4 Å². The molecule has 1 unspecified atom stereocenters. The van der Waals surface area contributed by atoms with Crippen molar-refractivity contribution in [3.63, 3.8) is 0 Å². The van der Waals surface area contributed by atoms with Crippen LogP contribution in [0.3, 0.4) is 0 Å². The van der Waals surface area contributed by atoms with Crippen LogP contribution in [-0.2, 0) is 6.61 Å². The molecular weight excluding hydrogens is 312 g/mol. The van der Waals surface area contributed by atoms with E-state index < -0.39 is 0 Å². The average Bonchev–Trinajstić information content (AvgIpc) is 2.63. The van der Waals surface area contributed by atoms with E-state index in [1.54, 1.807) is 0 Å². The fraction of sp³-hybridized carbons (Fsp3) is 0.500. The Hall–Kier alpha value is -2.14. The summed E-state index contributed by atoms with van der Waals surface area (Å²) in [5.41, 5.74) is 2.23. The van der Waals surface area contributed by atoms with Crippen LogP contribution in [0.1, 0.15) is 37.9 Å². The number of benzene rings is 1. The molecule has 1 aromatic heterocycles. The molecule has 0 radical (unpaired) electrons. The summed E-state index contributed by atoms with van der Waals surface area (Å²) < 4.78 is 5.89. The minimum atomic E-state index is 0.458. The number of piperazine rings is 1. The Labute approximate surface area is 150 Å². The molecule has 2 aromatic rings. The summed E-state index contributed by atoms with van der Waals surface area (Å²) in [5, 5.41) is 0. The summed E-state index contributed by atoms with van der Waals surface area (Å²) in [6.07, 6.45) is 1.83. The summed E-state index contributed by atoms with van der Waals surface area (Å²) in [6, 6.07) is 10.7. The van der Waals surface area contributed by atoms with Crippen molar-refractivity contribution in [1.29, 1.82) is 0 Å². The van der Waals surface area contributed by atoms with Gasteiger partial charge in [-0.2, -0.15) is 0 Å². The standard InChI is InChI=1S/C20H28N4O/c1-15(2)17-5-7-19(8-6-17)25-14-18-9-10-21-20(22-18)24-12-11-23(4)16(3)13-24/h5-10,15-16H,11-14H2,1-4H3. The second-order valence-corrected chi connectivity index (χ2v) is 7.14.